The van der Waals surface area contributed by atoms with Gasteiger partial charge in [-0.2, -0.15) is 5.26 Å². The number of nitrogens with zero attached hydrogens (tertiary/aromatic N) is 1. The summed E-state index contributed by atoms with van der Waals surface area (Å²) in [6, 6.07) is 2.18. The summed E-state index contributed by atoms with van der Waals surface area (Å²) in [4.78, 5) is 24.9. The van der Waals surface area contributed by atoms with Crippen LogP contribution in [0.5, 0.6) is 0 Å². The van der Waals surface area contributed by atoms with Gasteiger partial charge < -0.3 is 10.1 Å². The third-order valence-corrected chi connectivity index (χ3v) is 5.79. The Kier molecular flexibility index (Phi) is 4.97. The molecule has 0 saturated heterocycles. The second-order valence-electron chi connectivity index (χ2n) is 6.24. The van der Waals surface area contributed by atoms with Gasteiger partial charge in [0.2, 0.25) is 0 Å². The van der Waals surface area contributed by atoms with Gasteiger partial charge in [-0.05, 0) is 43.6 Å². The van der Waals surface area contributed by atoms with Crippen molar-refractivity contribution in [3.8, 4) is 6.07 Å². The van der Waals surface area contributed by atoms with Crippen molar-refractivity contribution in [2.75, 3.05) is 11.9 Å². The van der Waals surface area contributed by atoms with Crippen molar-refractivity contribution < 1.29 is 14.3 Å². The standard InChI is InChI=1S/C17H20N2O3S/c18-9-13-12-6-3-7-14(12)23-17(13)19-15(20)10-22-16(21)8-11-4-1-2-5-11/h11H,1-8,10H2,(H,19,20). The van der Waals surface area contributed by atoms with E-state index in [1.807, 2.05) is 0 Å². The molecule has 1 aromatic heterocycles. The highest BCUT2D eigenvalue weighted by molar-refractivity contribution is 7.16. The average Bonchev–Trinajstić information content (AvgIpc) is 3.22. The summed E-state index contributed by atoms with van der Waals surface area (Å²) in [5, 5.41) is 12.6. The van der Waals surface area contributed by atoms with Crippen molar-refractivity contribution >= 4 is 28.2 Å². The fraction of sp³-hybridized carbons (Fsp3) is 0.588. The molecular formula is C17H20N2O3S. The number of hydrogen-bond acceptors (Lipinski definition) is 5. The minimum absolute atomic E-state index is 0.279. The Morgan fingerprint density at radius 2 is 2.04 bits per heavy atom. The van der Waals surface area contributed by atoms with Crippen LogP contribution in [0.1, 0.15) is 54.5 Å². The molecule has 0 atom stereocenters. The number of aryl methyl sites for hydroxylation is 1. The summed E-state index contributed by atoms with van der Waals surface area (Å²) < 4.78 is 5.06. The molecule has 5 nitrogen and oxygen atoms in total. The van der Waals surface area contributed by atoms with Crippen LogP contribution in [0.3, 0.4) is 0 Å². The van der Waals surface area contributed by atoms with Gasteiger partial charge in [-0.25, -0.2) is 0 Å². The van der Waals surface area contributed by atoms with Gasteiger partial charge in [0.1, 0.15) is 11.1 Å². The molecule has 1 saturated carbocycles. The highest BCUT2D eigenvalue weighted by Gasteiger charge is 2.24. The lowest BCUT2D eigenvalue weighted by Gasteiger charge is -2.09. The maximum atomic E-state index is 12.0. The Bertz CT molecular complexity index is 654. The van der Waals surface area contributed by atoms with Crippen LogP contribution in [-0.4, -0.2) is 18.5 Å². The minimum atomic E-state index is -0.374. The number of esters is 1. The van der Waals surface area contributed by atoms with Crippen LogP contribution in [0.25, 0.3) is 0 Å². The molecule has 6 heteroatoms. The number of amides is 1. The van der Waals surface area contributed by atoms with E-state index in [4.69, 9.17) is 4.74 Å². The average molecular weight is 332 g/mol. The number of carbonyl (C=O) groups is 2. The van der Waals surface area contributed by atoms with Crippen LogP contribution in [0.2, 0.25) is 0 Å². The van der Waals surface area contributed by atoms with E-state index in [1.54, 1.807) is 0 Å². The van der Waals surface area contributed by atoms with Gasteiger partial charge in [0.05, 0.1) is 5.56 Å². The zero-order valence-electron chi connectivity index (χ0n) is 13.0. The maximum absolute atomic E-state index is 12.0. The normalized spacial score (nSPS) is 16.8. The van der Waals surface area contributed by atoms with Gasteiger partial charge >= 0.3 is 5.97 Å². The van der Waals surface area contributed by atoms with E-state index in [-0.39, 0.29) is 18.5 Å². The first-order valence-electron chi connectivity index (χ1n) is 8.17. The lowest BCUT2D eigenvalue weighted by molar-refractivity contribution is -0.148. The molecule has 0 radical (unpaired) electrons. The van der Waals surface area contributed by atoms with Crippen LogP contribution in [0, 0.1) is 17.2 Å². The quantitative estimate of drug-likeness (QED) is 0.840. The van der Waals surface area contributed by atoms with Crippen molar-refractivity contribution in [1.82, 2.24) is 0 Å². The molecular weight excluding hydrogens is 312 g/mol. The van der Waals surface area contributed by atoms with Gasteiger partial charge in [0, 0.05) is 11.3 Å². The number of rotatable bonds is 5. The molecule has 0 aliphatic heterocycles. The molecule has 1 amide bonds. The van der Waals surface area contributed by atoms with E-state index in [0.717, 1.165) is 37.7 Å². The molecule has 3 rings (SSSR count). The first kappa shape index (κ1) is 16.0. The van der Waals surface area contributed by atoms with Crippen LogP contribution >= 0.6 is 11.3 Å². The van der Waals surface area contributed by atoms with Crippen molar-refractivity contribution in [2.24, 2.45) is 5.92 Å². The highest BCUT2D eigenvalue weighted by Crippen LogP contribution is 2.38. The molecule has 1 aromatic rings. The number of thiophene rings is 1. The van der Waals surface area contributed by atoms with E-state index in [9.17, 15) is 14.9 Å². The molecule has 0 aromatic carbocycles. The van der Waals surface area contributed by atoms with Crippen molar-refractivity contribution in [3.05, 3.63) is 16.0 Å². The maximum Gasteiger partial charge on any atom is 0.306 e. The van der Waals surface area contributed by atoms with E-state index in [1.165, 1.54) is 29.1 Å². The topological polar surface area (TPSA) is 79.2 Å². The molecule has 23 heavy (non-hydrogen) atoms. The molecule has 2 aliphatic carbocycles. The smallest absolute Gasteiger partial charge is 0.306 e. The lowest BCUT2D eigenvalue weighted by atomic mass is 10.1. The van der Waals surface area contributed by atoms with Crippen molar-refractivity contribution in [2.45, 2.75) is 51.4 Å². The number of fused-ring (bicyclic) bond motifs is 1. The highest BCUT2D eigenvalue weighted by atomic mass is 32.1. The summed E-state index contributed by atoms with van der Waals surface area (Å²) in [5.41, 5.74) is 1.65. The number of ether oxygens (including phenoxy) is 1. The fourth-order valence-corrected chi connectivity index (χ4v) is 4.68. The summed E-state index contributed by atoms with van der Waals surface area (Å²) in [5.74, 6) is -0.265. The largest absolute Gasteiger partial charge is 0.456 e. The van der Waals surface area contributed by atoms with Gasteiger partial charge in [0.25, 0.3) is 5.91 Å². The molecule has 1 N–H and O–H groups in total. The molecule has 122 valence electrons. The van der Waals surface area contributed by atoms with Crippen molar-refractivity contribution in [1.29, 1.82) is 5.26 Å². The van der Waals surface area contributed by atoms with Crippen molar-refractivity contribution in [3.63, 3.8) is 0 Å². The third-order valence-electron chi connectivity index (χ3n) is 4.58. The monoisotopic (exact) mass is 332 g/mol. The second kappa shape index (κ2) is 7.14. The Labute approximate surface area is 139 Å². The first-order valence-corrected chi connectivity index (χ1v) is 8.99. The number of anilines is 1. The van der Waals surface area contributed by atoms with Crippen LogP contribution in [-0.2, 0) is 27.2 Å². The first-order chi connectivity index (χ1) is 11.2. The fourth-order valence-electron chi connectivity index (χ4n) is 3.43. The molecule has 2 aliphatic rings. The Morgan fingerprint density at radius 3 is 2.78 bits per heavy atom. The van der Waals surface area contributed by atoms with Crippen LogP contribution in [0.15, 0.2) is 0 Å². The van der Waals surface area contributed by atoms with Gasteiger partial charge in [-0.15, -0.1) is 11.3 Å². The van der Waals surface area contributed by atoms with Crippen LogP contribution < -0.4 is 5.32 Å². The van der Waals surface area contributed by atoms with Gasteiger partial charge in [0.15, 0.2) is 6.61 Å². The molecule has 0 bridgehead atoms. The molecule has 1 heterocycles. The minimum Gasteiger partial charge on any atom is -0.456 e. The van der Waals surface area contributed by atoms with Gasteiger partial charge in [-0.3, -0.25) is 9.59 Å². The van der Waals surface area contributed by atoms with E-state index in [2.05, 4.69) is 11.4 Å². The summed E-state index contributed by atoms with van der Waals surface area (Å²) >= 11 is 1.47. The molecule has 0 spiro atoms. The summed E-state index contributed by atoms with van der Waals surface area (Å²) in [6.45, 7) is -0.279. The number of carbonyl (C=O) groups excluding carboxylic acids is 2. The predicted octanol–water partition coefficient (Wildman–Crippen LogP) is 3.17. The number of nitrogens with one attached hydrogen (secondary N) is 1. The summed E-state index contributed by atoms with van der Waals surface area (Å²) in [6.07, 6.45) is 7.87. The van der Waals surface area contributed by atoms with Gasteiger partial charge in [-0.1, -0.05) is 12.8 Å². The van der Waals surface area contributed by atoms with Crippen LogP contribution in [0.4, 0.5) is 5.00 Å². The molecule has 0 unspecified atom stereocenters. The Hall–Kier alpha value is -1.87. The zero-order valence-corrected chi connectivity index (χ0v) is 13.8. The van der Waals surface area contributed by atoms with E-state index >= 15 is 0 Å². The van der Waals surface area contributed by atoms with E-state index < -0.39 is 0 Å². The third kappa shape index (κ3) is 3.73. The lowest BCUT2D eigenvalue weighted by Crippen LogP contribution is -2.21. The number of nitriles is 1. The number of hydrogen-bond donors (Lipinski definition) is 1. The molecule has 1 fully saturated rings. The Morgan fingerprint density at radius 1 is 1.26 bits per heavy atom. The Balaban J connectivity index is 1.50. The van der Waals surface area contributed by atoms with E-state index in [0.29, 0.717) is 22.9 Å². The second-order valence-corrected chi connectivity index (χ2v) is 7.34. The summed E-state index contributed by atoms with van der Waals surface area (Å²) in [7, 11) is 0. The zero-order chi connectivity index (χ0) is 16.2. The SMILES string of the molecule is N#Cc1c(NC(=O)COC(=O)CC2CCCC2)sc2c1CCC2. The predicted molar refractivity (Wildman–Crippen MR) is 87.2 cm³/mol.